The maximum Gasteiger partial charge on any atom is 0.251 e. The zero-order valence-electron chi connectivity index (χ0n) is 12.2. The van der Waals surface area contributed by atoms with Crippen molar-refractivity contribution in [3.8, 4) is 5.75 Å². The Hall–Kier alpha value is -2.34. The highest BCUT2D eigenvalue weighted by atomic mass is 16.5. The molecule has 0 radical (unpaired) electrons. The summed E-state index contributed by atoms with van der Waals surface area (Å²) in [4.78, 5) is 11.2. The molecule has 1 amide bonds. The largest absolute Gasteiger partial charge is 0.497 e. The Morgan fingerprint density at radius 1 is 1.48 bits per heavy atom. The molecule has 1 aromatic heterocycles. The monoisotopic (exact) mass is 288 g/mol. The molecule has 2 aromatic rings. The van der Waals surface area contributed by atoms with Crippen LogP contribution in [0, 0.1) is 0 Å². The van der Waals surface area contributed by atoms with Crippen molar-refractivity contribution in [1.29, 1.82) is 0 Å². The van der Waals surface area contributed by atoms with E-state index in [2.05, 4.69) is 5.10 Å². The predicted molar refractivity (Wildman–Crippen MR) is 80.1 cm³/mol. The van der Waals surface area contributed by atoms with Crippen molar-refractivity contribution in [1.82, 2.24) is 9.78 Å². The minimum atomic E-state index is -0.504. The van der Waals surface area contributed by atoms with Gasteiger partial charge in [-0.2, -0.15) is 5.10 Å². The number of ether oxygens (including phenoxy) is 1. The Morgan fingerprint density at radius 3 is 2.81 bits per heavy atom. The van der Waals surface area contributed by atoms with Gasteiger partial charge in [0, 0.05) is 12.2 Å². The molecule has 4 N–H and O–H groups in total. The van der Waals surface area contributed by atoms with Gasteiger partial charge in [0.1, 0.15) is 5.75 Å². The van der Waals surface area contributed by atoms with Crippen LogP contribution in [0.5, 0.6) is 5.75 Å². The van der Waals surface area contributed by atoms with Gasteiger partial charge in [-0.25, -0.2) is 0 Å². The van der Waals surface area contributed by atoms with Crippen LogP contribution in [0.25, 0.3) is 0 Å². The minimum absolute atomic E-state index is 0.141. The van der Waals surface area contributed by atoms with E-state index in [1.165, 1.54) is 6.20 Å². The summed E-state index contributed by atoms with van der Waals surface area (Å²) in [6, 6.07) is 7.34. The van der Waals surface area contributed by atoms with E-state index in [1.807, 2.05) is 31.2 Å². The molecule has 2 rings (SSSR count). The number of methoxy groups -OCH3 is 1. The zero-order valence-corrected chi connectivity index (χ0v) is 12.2. The molecule has 1 heterocycles. The van der Waals surface area contributed by atoms with Crippen molar-refractivity contribution in [2.45, 2.75) is 25.4 Å². The lowest BCUT2D eigenvalue weighted by Crippen LogP contribution is -2.33. The second-order valence-electron chi connectivity index (χ2n) is 4.87. The number of benzene rings is 1. The number of nitrogens with zero attached hydrogens (tertiary/aromatic N) is 2. The Bertz CT molecular complexity index is 624. The molecule has 0 spiro atoms. The van der Waals surface area contributed by atoms with Crippen molar-refractivity contribution in [3.63, 3.8) is 0 Å². The van der Waals surface area contributed by atoms with Crippen LogP contribution in [0.3, 0.4) is 0 Å². The van der Waals surface area contributed by atoms with Crippen molar-refractivity contribution in [2.24, 2.45) is 11.5 Å². The lowest BCUT2D eigenvalue weighted by atomic mass is 9.98. The first-order valence-corrected chi connectivity index (χ1v) is 6.80. The highest BCUT2D eigenvalue weighted by Gasteiger charge is 2.22. The first kappa shape index (κ1) is 15.1. The SMILES string of the molecule is CCC(N)C(c1cccc(OC)c1)n1cc(C(N)=O)cn1. The van der Waals surface area contributed by atoms with Gasteiger partial charge in [-0.15, -0.1) is 0 Å². The number of rotatable bonds is 6. The van der Waals surface area contributed by atoms with Gasteiger partial charge in [-0.3, -0.25) is 9.48 Å². The molecule has 0 aliphatic carbocycles. The molecule has 1 aromatic carbocycles. The van der Waals surface area contributed by atoms with E-state index in [9.17, 15) is 4.79 Å². The van der Waals surface area contributed by atoms with Crippen LogP contribution in [0.2, 0.25) is 0 Å². The zero-order chi connectivity index (χ0) is 15.4. The van der Waals surface area contributed by atoms with E-state index in [-0.39, 0.29) is 12.1 Å². The van der Waals surface area contributed by atoms with Gasteiger partial charge in [0.25, 0.3) is 5.91 Å². The van der Waals surface area contributed by atoms with E-state index in [4.69, 9.17) is 16.2 Å². The number of nitrogens with two attached hydrogens (primary N) is 2. The molecule has 0 aliphatic heterocycles. The van der Waals surface area contributed by atoms with Gasteiger partial charge in [-0.05, 0) is 24.1 Å². The topological polar surface area (TPSA) is 96.2 Å². The molecule has 0 saturated heterocycles. The molecular weight excluding hydrogens is 268 g/mol. The summed E-state index contributed by atoms with van der Waals surface area (Å²) in [5.41, 5.74) is 12.9. The smallest absolute Gasteiger partial charge is 0.251 e. The molecule has 0 aliphatic rings. The number of primary amides is 1. The van der Waals surface area contributed by atoms with Crippen LogP contribution in [-0.2, 0) is 0 Å². The van der Waals surface area contributed by atoms with Crippen LogP contribution in [-0.4, -0.2) is 28.8 Å². The van der Waals surface area contributed by atoms with Crippen LogP contribution in [0.15, 0.2) is 36.7 Å². The minimum Gasteiger partial charge on any atom is -0.497 e. The number of carbonyl (C=O) groups is 1. The van der Waals surface area contributed by atoms with Crippen molar-refractivity contribution in [2.75, 3.05) is 7.11 Å². The summed E-state index contributed by atoms with van der Waals surface area (Å²) in [7, 11) is 1.62. The fraction of sp³-hybridized carbons (Fsp3) is 0.333. The van der Waals surface area contributed by atoms with Crippen LogP contribution < -0.4 is 16.2 Å². The molecule has 21 heavy (non-hydrogen) atoms. The van der Waals surface area contributed by atoms with Crippen molar-refractivity contribution in [3.05, 3.63) is 47.8 Å². The number of amides is 1. The third-order valence-electron chi connectivity index (χ3n) is 3.48. The van der Waals surface area contributed by atoms with E-state index in [0.29, 0.717) is 5.56 Å². The van der Waals surface area contributed by atoms with E-state index >= 15 is 0 Å². The van der Waals surface area contributed by atoms with Crippen LogP contribution in [0.4, 0.5) is 0 Å². The Balaban J connectivity index is 2.44. The second kappa shape index (κ2) is 6.41. The normalized spacial score (nSPS) is 13.7. The van der Waals surface area contributed by atoms with Gasteiger partial charge in [0.05, 0.1) is 24.9 Å². The van der Waals surface area contributed by atoms with Crippen LogP contribution >= 0.6 is 0 Å². The number of aromatic nitrogens is 2. The molecule has 112 valence electrons. The summed E-state index contributed by atoms with van der Waals surface area (Å²) in [5, 5.41) is 4.23. The maximum absolute atomic E-state index is 11.2. The summed E-state index contributed by atoms with van der Waals surface area (Å²) in [6.45, 7) is 2.01. The number of hydrogen-bond donors (Lipinski definition) is 2. The third kappa shape index (κ3) is 3.22. The summed E-state index contributed by atoms with van der Waals surface area (Å²) < 4.78 is 6.94. The highest BCUT2D eigenvalue weighted by molar-refractivity contribution is 5.92. The molecule has 0 fully saturated rings. The second-order valence-corrected chi connectivity index (χ2v) is 4.87. The van der Waals surface area contributed by atoms with Gasteiger partial charge < -0.3 is 16.2 Å². The first-order chi connectivity index (χ1) is 10.1. The Kier molecular flexibility index (Phi) is 4.59. The van der Waals surface area contributed by atoms with Crippen LogP contribution in [0.1, 0.15) is 35.3 Å². The van der Waals surface area contributed by atoms with Crippen molar-refractivity contribution < 1.29 is 9.53 Å². The third-order valence-corrected chi connectivity index (χ3v) is 3.48. The number of hydrogen-bond acceptors (Lipinski definition) is 4. The van der Waals surface area contributed by atoms with Gasteiger partial charge in [0.15, 0.2) is 0 Å². The van der Waals surface area contributed by atoms with Gasteiger partial charge in [-0.1, -0.05) is 19.1 Å². The summed E-state index contributed by atoms with van der Waals surface area (Å²) >= 11 is 0. The molecule has 2 atom stereocenters. The first-order valence-electron chi connectivity index (χ1n) is 6.80. The molecule has 0 saturated carbocycles. The maximum atomic E-state index is 11.2. The molecule has 2 unspecified atom stereocenters. The lowest BCUT2D eigenvalue weighted by Gasteiger charge is -2.24. The lowest BCUT2D eigenvalue weighted by molar-refractivity contribution is 0.1000. The Labute approximate surface area is 123 Å². The summed E-state index contributed by atoms with van der Waals surface area (Å²) in [6.07, 6.45) is 3.85. The molecular formula is C15H20N4O2. The Morgan fingerprint density at radius 2 is 2.24 bits per heavy atom. The van der Waals surface area contributed by atoms with Gasteiger partial charge in [0.2, 0.25) is 0 Å². The molecule has 0 bridgehead atoms. The van der Waals surface area contributed by atoms with E-state index in [1.54, 1.807) is 18.0 Å². The van der Waals surface area contributed by atoms with E-state index < -0.39 is 5.91 Å². The average Bonchev–Trinajstić information content (AvgIpc) is 2.97. The highest BCUT2D eigenvalue weighted by Crippen LogP contribution is 2.25. The number of carbonyl (C=O) groups excluding carboxylic acids is 1. The van der Waals surface area contributed by atoms with Crippen molar-refractivity contribution >= 4 is 5.91 Å². The fourth-order valence-electron chi connectivity index (χ4n) is 2.26. The average molecular weight is 288 g/mol. The quantitative estimate of drug-likeness (QED) is 0.837. The van der Waals surface area contributed by atoms with E-state index in [0.717, 1.165) is 17.7 Å². The summed E-state index contributed by atoms with van der Waals surface area (Å²) in [5.74, 6) is 0.249. The molecule has 6 heteroatoms. The molecule has 6 nitrogen and oxygen atoms in total. The predicted octanol–water partition coefficient (Wildman–Crippen LogP) is 1.32. The standard InChI is InChI=1S/C15H20N4O2/c1-3-13(16)14(10-5-4-6-12(7-10)21-2)19-9-11(8-18-19)15(17)20/h4-9,13-14H,3,16H2,1-2H3,(H2,17,20). The van der Waals surface area contributed by atoms with Gasteiger partial charge >= 0.3 is 0 Å². The fourth-order valence-corrected chi connectivity index (χ4v) is 2.26.